The molecule has 1 heterocycles. The largest absolute Gasteiger partial charge is 0.294 e. The van der Waals surface area contributed by atoms with Crippen molar-refractivity contribution in [2.45, 2.75) is 13.3 Å². The van der Waals surface area contributed by atoms with Crippen LogP contribution in [-0.2, 0) is 6.42 Å². The Hall–Kier alpha value is -2.03. The average Bonchev–Trinajstić information content (AvgIpc) is 2.31. The molecule has 2 aromatic rings. The van der Waals surface area contributed by atoms with E-state index >= 15 is 0 Å². The maximum absolute atomic E-state index is 11.9. The zero-order valence-corrected chi connectivity index (χ0v) is 9.05. The van der Waals surface area contributed by atoms with Gasteiger partial charge in [-0.15, -0.1) is 0 Å². The summed E-state index contributed by atoms with van der Waals surface area (Å²) in [6.07, 6.45) is 5.11. The van der Waals surface area contributed by atoms with Crippen molar-refractivity contribution < 1.29 is 4.79 Å². The maximum Gasteiger partial charge on any atom is 0.168 e. The van der Waals surface area contributed by atoms with E-state index in [9.17, 15) is 4.79 Å². The summed E-state index contributed by atoms with van der Waals surface area (Å²) < 4.78 is 0. The first kappa shape index (κ1) is 10.5. The van der Waals surface area contributed by atoms with Crippen LogP contribution in [0.1, 0.15) is 21.6 Å². The quantitative estimate of drug-likeness (QED) is 0.732. The predicted octanol–water partition coefficient (Wildman–Crippen LogP) is 2.21. The van der Waals surface area contributed by atoms with Crippen molar-refractivity contribution >= 4 is 5.78 Å². The first-order chi connectivity index (χ1) is 7.75. The van der Waals surface area contributed by atoms with Crippen LogP contribution >= 0.6 is 0 Å². The predicted molar refractivity (Wildman–Crippen MR) is 61.2 cm³/mol. The third-order valence-electron chi connectivity index (χ3n) is 2.33. The fourth-order valence-corrected chi connectivity index (χ4v) is 1.43. The van der Waals surface area contributed by atoms with E-state index in [1.165, 1.54) is 0 Å². The van der Waals surface area contributed by atoms with Crippen molar-refractivity contribution in [1.82, 2.24) is 9.97 Å². The van der Waals surface area contributed by atoms with E-state index in [4.69, 9.17) is 0 Å². The Morgan fingerprint density at radius 3 is 2.56 bits per heavy atom. The van der Waals surface area contributed by atoms with Crippen molar-refractivity contribution in [3.8, 4) is 0 Å². The third-order valence-corrected chi connectivity index (χ3v) is 2.33. The van der Waals surface area contributed by atoms with Crippen LogP contribution in [0, 0.1) is 6.92 Å². The molecule has 0 unspecified atom stereocenters. The molecule has 0 bridgehead atoms. The number of nitrogens with zero attached hydrogens (tertiary/aromatic N) is 2. The number of carbonyl (C=O) groups is 1. The summed E-state index contributed by atoms with van der Waals surface area (Å²) >= 11 is 0. The van der Waals surface area contributed by atoms with Crippen LogP contribution in [0.4, 0.5) is 0 Å². The second kappa shape index (κ2) is 4.66. The monoisotopic (exact) mass is 212 g/mol. The average molecular weight is 212 g/mol. The van der Waals surface area contributed by atoms with Gasteiger partial charge in [0.1, 0.15) is 0 Å². The van der Waals surface area contributed by atoms with Crippen molar-refractivity contribution in [3.05, 3.63) is 59.7 Å². The molecule has 0 aliphatic heterocycles. The lowest BCUT2D eigenvalue weighted by Crippen LogP contribution is -2.05. The van der Waals surface area contributed by atoms with Gasteiger partial charge >= 0.3 is 0 Å². The smallest absolute Gasteiger partial charge is 0.168 e. The van der Waals surface area contributed by atoms with Crippen molar-refractivity contribution in [3.63, 3.8) is 0 Å². The molecule has 1 aromatic carbocycles. The topological polar surface area (TPSA) is 42.9 Å². The van der Waals surface area contributed by atoms with Gasteiger partial charge in [-0.3, -0.25) is 14.8 Å². The molecule has 0 amide bonds. The Bertz CT molecular complexity index is 477. The minimum absolute atomic E-state index is 0.0699. The molecule has 0 aliphatic rings. The van der Waals surface area contributed by atoms with Gasteiger partial charge in [-0.05, 0) is 6.92 Å². The molecule has 80 valence electrons. The fourth-order valence-electron chi connectivity index (χ4n) is 1.43. The summed E-state index contributed by atoms with van der Waals surface area (Å²) in [5, 5.41) is 0. The number of aromatic nitrogens is 2. The van der Waals surface area contributed by atoms with Crippen LogP contribution in [0.2, 0.25) is 0 Å². The number of ketones is 1. The van der Waals surface area contributed by atoms with Crippen LogP contribution in [0.15, 0.2) is 42.9 Å². The van der Waals surface area contributed by atoms with Gasteiger partial charge in [0.25, 0.3) is 0 Å². The highest BCUT2D eigenvalue weighted by Gasteiger charge is 2.07. The highest BCUT2D eigenvalue weighted by Crippen LogP contribution is 2.06. The van der Waals surface area contributed by atoms with Crippen LogP contribution in [0.5, 0.6) is 0 Å². The lowest BCUT2D eigenvalue weighted by atomic mass is 10.1. The van der Waals surface area contributed by atoms with E-state index in [0.29, 0.717) is 12.1 Å². The first-order valence-corrected chi connectivity index (χ1v) is 5.10. The van der Waals surface area contributed by atoms with Crippen LogP contribution < -0.4 is 0 Å². The number of hydrogen-bond donors (Lipinski definition) is 0. The molecule has 0 fully saturated rings. The molecule has 0 radical (unpaired) electrons. The number of benzene rings is 1. The Morgan fingerprint density at radius 2 is 1.94 bits per heavy atom. The van der Waals surface area contributed by atoms with E-state index in [0.717, 1.165) is 11.1 Å². The Balaban J connectivity index is 2.12. The van der Waals surface area contributed by atoms with E-state index in [1.54, 1.807) is 18.6 Å². The Labute approximate surface area is 94.2 Å². The second-order valence-electron chi connectivity index (χ2n) is 3.66. The van der Waals surface area contributed by atoms with Gasteiger partial charge in [-0.25, -0.2) is 0 Å². The lowest BCUT2D eigenvalue weighted by molar-refractivity contribution is 0.0992. The first-order valence-electron chi connectivity index (χ1n) is 5.10. The molecule has 0 aliphatic carbocycles. The number of rotatable bonds is 3. The highest BCUT2D eigenvalue weighted by molar-refractivity contribution is 5.97. The zero-order valence-electron chi connectivity index (χ0n) is 9.05. The van der Waals surface area contributed by atoms with Gasteiger partial charge in [0, 0.05) is 24.2 Å². The summed E-state index contributed by atoms with van der Waals surface area (Å²) in [7, 11) is 0. The van der Waals surface area contributed by atoms with Gasteiger partial charge in [-0.2, -0.15) is 0 Å². The van der Waals surface area contributed by atoms with Crippen LogP contribution in [0.25, 0.3) is 0 Å². The molecule has 3 heteroatoms. The summed E-state index contributed by atoms with van der Waals surface area (Å²) in [4.78, 5) is 19.9. The van der Waals surface area contributed by atoms with Gasteiger partial charge in [0.2, 0.25) is 0 Å². The number of aryl methyl sites for hydroxylation is 1. The Kier molecular flexibility index (Phi) is 3.05. The molecule has 0 saturated heterocycles. The molecule has 0 saturated carbocycles. The van der Waals surface area contributed by atoms with Gasteiger partial charge in [-0.1, -0.05) is 29.8 Å². The normalized spacial score (nSPS) is 10.1. The van der Waals surface area contributed by atoms with Crippen molar-refractivity contribution in [2.75, 3.05) is 0 Å². The maximum atomic E-state index is 11.9. The van der Waals surface area contributed by atoms with E-state index in [1.807, 2.05) is 31.2 Å². The summed E-state index contributed by atoms with van der Waals surface area (Å²) in [5.41, 5.74) is 2.57. The highest BCUT2D eigenvalue weighted by atomic mass is 16.1. The van der Waals surface area contributed by atoms with Crippen LogP contribution in [0.3, 0.4) is 0 Å². The molecular weight excluding hydrogens is 200 g/mol. The number of Topliss-reactive ketones (excluding diaryl/α,β-unsaturated/α-hetero) is 1. The molecule has 1 aromatic heterocycles. The summed E-state index contributed by atoms with van der Waals surface area (Å²) in [6.45, 7) is 2.00. The standard InChI is InChI=1S/C13H12N2O/c1-10-2-4-11(5-3-10)13(16)8-12-9-14-6-7-15-12/h2-7,9H,8H2,1H3. The Morgan fingerprint density at radius 1 is 1.19 bits per heavy atom. The molecule has 2 rings (SSSR count). The summed E-state index contributed by atoms with van der Waals surface area (Å²) in [5.74, 6) is 0.0699. The molecular formula is C13H12N2O. The van der Waals surface area contributed by atoms with Gasteiger partial charge < -0.3 is 0 Å². The second-order valence-corrected chi connectivity index (χ2v) is 3.66. The zero-order chi connectivity index (χ0) is 11.4. The third kappa shape index (κ3) is 2.51. The SMILES string of the molecule is Cc1ccc(C(=O)Cc2cnccn2)cc1. The van der Waals surface area contributed by atoms with Gasteiger partial charge in [0.15, 0.2) is 5.78 Å². The van der Waals surface area contributed by atoms with Crippen molar-refractivity contribution in [1.29, 1.82) is 0 Å². The number of carbonyl (C=O) groups excluding carboxylic acids is 1. The van der Waals surface area contributed by atoms with E-state index < -0.39 is 0 Å². The van der Waals surface area contributed by atoms with E-state index in [2.05, 4.69) is 9.97 Å². The molecule has 16 heavy (non-hydrogen) atoms. The lowest BCUT2D eigenvalue weighted by Gasteiger charge is -2.00. The number of hydrogen-bond acceptors (Lipinski definition) is 3. The minimum atomic E-state index is 0.0699. The fraction of sp³-hybridized carbons (Fsp3) is 0.154. The molecule has 0 spiro atoms. The van der Waals surface area contributed by atoms with Gasteiger partial charge in [0.05, 0.1) is 12.1 Å². The molecule has 3 nitrogen and oxygen atoms in total. The summed E-state index contributed by atoms with van der Waals surface area (Å²) in [6, 6.07) is 7.55. The van der Waals surface area contributed by atoms with E-state index in [-0.39, 0.29) is 5.78 Å². The van der Waals surface area contributed by atoms with Crippen molar-refractivity contribution in [2.24, 2.45) is 0 Å². The molecule has 0 N–H and O–H groups in total. The molecule has 0 atom stereocenters. The minimum Gasteiger partial charge on any atom is -0.294 e. The van der Waals surface area contributed by atoms with Crippen LogP contribution in [-0.4, -0.2) is 15.8 Å².